The SMILES string of the molecule is FC1(F)CCN(c2nc(Cl)ns2)C1. The van der Waals surface area contributed by atoms with E-state index in [0.29, 0.717) is 11.7 Å². The second-order valence-electron chi connectivity index (χ2n) is 2.87. The average Bonchev–Trinajstić information content (AvgIpc) is 2.56. The van der Waals surface area contributed by atoms with E-state index in [4.69, 9.17) is 11.6 Å². The zero-order valence-corrected chi connectivity index (χ0v) is 8.08. The van der Waals surface area contributed by atoms with Gasteiger partial charge in [-0.2, -0.15) is 9.36 Å². The van der Waals surface area contributed by atoms with Crippen LogP contribution in [0, 0.1) is 0 Å². The number of nitrogens with zero attached hydrogens (tertiary/aromatic N) is 3. The Labute approximate surface area is 82.5 Å². The fraction of sp³-hybridized carbons (Fsp3) is 0.667. The van der Waals surface area contributed by atoms with Crippen LogP contribution in [0.2, 0.25) is 5.28 Å². The molecule has 2 heterocycles. The first kappa shape index (κ1) is 9.08. The van der Waals surface area contributed by atoms with Crippen molar-refractivity contribution in [1.82, 2.24) is 9.36 Å². The van der Waals surface area contributed by atoms with E-state index >= 15 is 0 Å². The van der Waals surface area contributed by atoms with E-state index in [-0.39, 0.29) is 18.2 Å². The lowest BCUT2D eigenvalue weighted by molar-refractivity contribution is 0.0257. The van der Waals surface area contributed by atoms with Gasteiger partial charge in [-0.15, -0.1) is 0 Å². The van der Waals surface area contributed by atoms with Crippen LogP contribution >= 0.6 is 23.1 Å². The van der Waals surface area contributed by atoms with Crippen LogP contribution < -0.4 is 4.90 Å². The molecular formula is C6H6ClF2N3S. The van der Waals surface area contributed by atoms with E-state index in [2.05, 4.69) is 9.36 Å². The van der Waals surface area contributed by atoms with E-state index in [9.17, 15) is 8.78 Å². The first-order chi connectivity index (χ1) is 6.07. The molecule has 1 saturated heterocycles. The number of aromatic nitrogens is 2. The molecule has 1 aliphatic heterocycles. The molecule has 0 amide bonds. The van der Waals surface area contributed by atoms with Crippen LogP contribution in [0.3, 0.4) is 0 Å². The largest absolute Gasteiger partial charge is 0.341 e. The summed E-state index contributed by atoms with van der Waals surface area (Å²) in [6.07, 6.45) is -0.121. The second kappa shape index (κ2) is 3.02. The summed E-state index contributed by atoms with van der Waals surface area (Å²) < 4.78 is 29.3. The highest BCUT2D eigenvalue weighted by atomic mass is 35.5. The molecule has 13 heavy (non-hydrogen) atoms. The third-order valence-electron chi connectivity index (χ3n) is 1.83. The molecule has 1 fully saturated rings. The molecule has 7 heteroatoms. The van der Waals surface area contributed by atoms with Crippen molar-refractivity contribution in [2.45, 2.75) is 12.3 Å². The summed E-state index contributed by atoms with van der Waals surface area (Å²) in [4.78, 5) is 5.33. The molecule has 3 nitrogen and oxygen atoms in total. The van der Waals surface area contributed by atoms with Crippen LogP contribution in [0.4, 0.5) is 13.9 Å². The molecule has 0 aliphatic carbocycles. The van der Waals surface area contributed by atoms with E-state index in [1.807, 2.05) is 0 Å². The minimum absolute atomic E-state index is 0.121. The van der Waals surface area contributed by atoms with E-state index in [1.165, 1.54) is 4.90 Å². The van der Waals surface area contributed by atoms with Crippen LogP contribution in [0.5, 0.6) is 0 Å². The molecule has 1 aromatic heterocycles. The summed E-state index contributed by atoms with van der Waals surface area (Å²) in [6.45, 7) is 0.0387. The van der Waals surface area contributed by atoms with E-state index < -0.39 is 5.92 Å². The summed E-state index contributed by atoms with van der Waals surface area (Å²) in [7, 11) is 0. The Hall–Kier alpha value is -0.490. The predicted octanol–water partition coefficient (Wildman–Crippen LogP) is 2.04. The molecule has 0 spiro atoms. The number of rotatable bonds is 1. The molecule has 0 N–H and O–H groups in total. The maximum absolute atomic E-state index is 12.8. The molecule has 72 valence electrons. The van der Waals surface area contributed by atoms with Crippen molar-refractivity contribution in [2.75, 3.05) is 18.0 Å². The Morgan fingerprint density at radius 3 is 2.77 bits per heavy atom. The minimum Gasteiger partial charge on any atom is -0.341 e. The summed E-state index contributed by atoms with van der Waals surface area (Å²) in [5.41, 5.74) is 0. The smallest absolute Gasteiger partial charge is 0.267 e. The van der Waals surface area contributed by atoms with Gasteiger partial charge in [0.2, 0.25) is 10.4 Å². The fourth-order valence-corrected chi connectivity index (χ4v) is 2.06. The van der Waals surface area contributed by atoms with Crippen LogP contribution in [0.25, 0.3) is 0 Å². The van der Waals surface area contributed by atoms with Gasteiger partial charge in [0.1, 0.15) is 0 Å². The molecule has 0 unspecified atom stereocenters. The number of anilines is 1. The molecule has 0 atom stereocenters. The molecule has 0 saturated carbocycles. The zero-order valence-electron chi connectivity index (χ0n) is 6.51. The Balaban J connectivity index is 2.12. The monoisotopic (exact) mass is 225 g/mol. The van der Waals surface area contributed by atoms with Gasteiger partial charge in [-0.3, -0.25) is 0 Å². The summed E-state index contributed by atoms with van der Waals surface area (Å²) >= 11 is 6.53. The number of alkyl halides is 2. The van der Waals surface area contributed by atoms with Gasteiger partial charge in [-0.25, -0.2) is 8.78 Å². The molecule has 1 aromatic rings. The second-order valence-corrected chi connectivity index (χ2v) is 3.94. The Morgan fingerprint density at radius 2 is 2.31 bits per heavy atom. The molecule has 0 bridgehead atoms. The highest BCUT2D eigenvalue weighted by molar-refractivity contribution is 7.10. The number of halogens is 3. The van der Waals surface area contributed by atoms with Crippen LogP contribution in [0.15, 0.2) is 0 Å². The van der Waals surface area contributed by atoms with Crippen molar-refractivity contribution in [3.05, 3.63) is 5.28 Å². The average molecular weight is 226 g/mol. The molecule has 0 radical (unpaired) electrons. The number of hydrogen-bond donors (Lipinski definition) is 0. The minimum atomic E-state index is -2.60. The van der Waals surface area contributed by atoms with Gasteiger partial charge in [0.25, 0.3) is 5.92 Å². The Kier molecular flexibility index (Phi) is 2.11. The molecule has 0 aromatic carbocycles. The van der Waals surface area contributed by atoms with Gasteiger partial charge in [0.05, 0.1) is 6.54 Å². The van der Waals surface area contributed by atoms with Crippen molar-refractivity contribution in [1.29, 1.82) is 0 Å². The maximum atomic E-state index is 12.8. The molecular weight excluding hydrogens is 220 g/mol. The van der Waals surface area contributed by atoms with Crippen LogP contribution in [-0.2, 0) is 0 Å². The standard InChI is InChI=1S/C6H6ClF2N3S/c7-4-10-5(13-11-4)12-2-1-6(8,9)3-12/h1-3H2. The van der Waals surface area contributed by atoms with Gasteiger partial charge >= 0.3 is 0 Å². The highest BCUT2D eigenvalue weighted by Gasteiger charge is 2.39. The van der Waals surface area contributed by atoms with Gasteiger partial charge in [0.15, 0.2) is 0 Å². The molecule has 1 aliphatic rings. The first-order valence-corrected chi connectivity index (χ1v) is 4.84. The Bertz CT molecular complexity index is 317. The third-order valence-corrected chi connectivity index (χ3v) is 2.88. The van der Waals surface area contributed by atoms with Gasteiger partial charge in [-0.1, -0.05) is 0 Å². The first-order valence-electron chi connectivity index (χ1n) is 3.69. The van der Waals surface area contributed by atoms with Crippen molar-refractivity contribution in [3.8, 4) is 0 Å². The Morgan fingerprint density at radius 1 is 1.54 bits per heavy atom. The van der Waals surface area contributed by atoms with E-state index in [0.717, 1.165) is 11.5 Å². The highest BCUT2D eigenvalue weighted by Crippen LogP contribution is 2.31. The third kappa shape index (κ3) is 1.88. The number of hydrogen-bond acceptors (Lipinski definition) is 4. The van der Waals surface area contributed by atoms with Gasteiger partial charge in [-0.05, 0) is 11.6 Å². The quantitative estimate of drug-likeness (QED) is 0.733. The lowest BCUT2D eigenvalue weighted by atomic mass is 10.3. The normalized spacial score (nSPS) is 21.0. The summed E-state index contributed by atoms with van der Waals surface area (Å²) in [6, 6.07) is 0. The van der Waals surface area contributed by atoms with E-state index in [1.54, 1.807) is 0 Å². The summed E-state index contributed by atoms with van der Waals surface area (Å²) in [5, 5.41) is 0.595. The topological polar surface area (TPSA) is 29.0 Å². The fourth-order valence-electron chi connectivity index (χ4n) is 1.23. The molecule has 2 rings (SSSR count). The van der Waals surface area contributed by atoms with Gasteiger partial charge in [0, 0.05) is 24.5 Å². The van der Waals surface area contributed by atoms with Crippen LogP contribution in [-0.4, -0.2) is 28.4 Å². The van der Waals surface area contributed by atoms with Crippen molar-refractivity contribution >= 4 is 28.3 Å². The lowest BCUT2D eigenvalue weighted by Crippen LogP contribution is -2.24. The van der Waals surface area contributed by atoms with Crippen molar-refractivity contribution in [2.24, 2.45) is 0 Å². The van der Waals surface area contributed by atoms with Crippen molar-refractivity contribution < 1.29 is 8.78 Å². The van der Waals surface area contributed by atoms with Crippen molar-refractivity contribution in [3.63, 3.8) is 0 Å². The van der Waals surface area contributed by atoms with Gasteiger partial charge < -0.3 is 4.90 Å². The predicted molar refractivity (Wildman–Crippen MR) is 46.7 cm³/mol. The zero-order chi connectivity index (χ0) is 9.47. The van der Waals surface area contributed by atoms with Crippen LogP contribution in [0.1, 0.15) is 6.42 Å². The summed E-state index contributed by atoms with van der Waals surface area (Å²) in [5.74, 6) is -2.60. The maximum Gasteiger partial charge on any atom is 0.267 e. The lowest BCUT2D eigenvalue weighted by Gasteiger charge is -2.12.